The second-order valence-corrected chi connectivity index (χ2v) is 6.43. The lowest BCUT2D eigenvalue weighted by Gasteiger charge is -2.15. The number of carbonyl (C=O) groups is 2. The van der Waals surface area contributed by atoms with E-state index in [0.29, 0.717) is 22.0 Å². The average molecular weight is 380 g/mol. The molecule has 0 radical (unpaired) electrons. The summed E-state index contributed by atoms with van der Waals surface area (Å²) in [6, 6.07) is 11.8. The van der Waals surface area contributed by atoms with Crippen molar-refractivity contribution in [1.82, 2.24) is 0 Å². The van der Waals surface area contributed by atoms with E-state index in [1.165, 1.54) is 14.0 Å². The Balaban J connectivity index is 2.02. The number of hydrogen-bond donors (Lipinski definition) is 1. The van der Waals surface area contributed by atoms with E-state index in [0.717, 1.165) is 4.90 Å². The van der Waals surface area contributed by atoms with Gasteiger partial charge in [0, 0.05) is 9.92 Å². The minimum Gasteiger partial charge on any atom is -0.495 e. The first-order chi connectivity index (χ1) is 11.9. The summed E-state index contributed by atoms with van der Waals surface area (Å²) in [5, 5.41) is 3.10. The minimum absolute atomic E-state index is 0.387. The minimum atomic E-state index is -0.976. The number of ether oxygens (including phenoxy) is 2. The van der Waals surface area contributed by atoms with Crippen LogP contribution in [-0.2, 0) is 9.53 Å². The van der Waals surface area contributed by atoms with Crippen molar-refractivity contribution in [3.63, 3.8) is 0 Å². The molecule has 0 saturated carbocycles. The first kappa shape index (κ1) is 19.1. The Bertz CT molecular complexity index is 764. The molecule has 0 aromatic heterocycles. The van der Waals surface area contributed by atoms with E-state index in [4.69, 9.17) is 21.1 Å². The van der Waals surface area contributed by atoms with Crippen LogP contribution >= 0.6 is 23.4 Å². The topological polar surface area (TPSA) is 64.6 Å². The quantitative estimate of drug-likeness (QED) is 0.600. The SMILES string of the molecule is COc1ccc(Cl)cc1NC(=O)[C@@H](C)OC(=O)c1ccc(SC)cc1. The number of methoxy groups -OCH3 is 1. The Morgan fingerprint density at radius 3 is 2.44 bits per heavy atom. The summed E-state index contributed by atoms with van der Waals surface area (Å²) in [7, 11) is 1.49. The van der Waals surface area contributed by atoms with Crippen molar-refractivity contribution in [2.45, 2.75) is 17.9 Å². The Hall–Kier alpha value is -2.18. The molecule has 0 heterocycles. The number of benzene rings is 2. The monoisotopic (exact) mass is 379 g/mol. The summed E-state index contributed by atoms with van der Waals surface area (Å²) in [5.41, 5.74) is 0.796. The van der Waals surface area contributed by atoms with E-state index in [1.54, 1.807) is 42.1 Å². The second-order valence-electron chi connectivity index (χ2n) is 5.11. The van der Waals surface area contributed by atoms with E-state index >= 15 is 0 Å². The molecule has 0 aliphatic rings. The molecule has 5 nitrogen and oxygen atoms in total. The molecule has 2 aromatic carbocycles. The molecule has 132 valence electrons. The lowest BCUT2D eigenvalue weighted by Crippen LogP contribution is -2.30. The number of anilines is 1. The van der Waals surface area contributed by atoms with Crippen LogP contribution in [0.1, 0.15) is 17.3 Å². The van der Waals surface area contributed by atoms with Gasteiger partial charge in [0.2, 0.25) is 0 Å². The van der Waals surface area contributed by atoms with Gasteiger partial charge in [0.1, 0.15) is 5.75 Å². The van der Waals surface area contributed by atoms with Crippen molar-refractivity contribution in [2.24, 2.45) is 0 Å². The first-order valence-corrected chi connectivity index (χ1v) is 9.04. The fourth-order valence-electron chi connectivity index (χ4n) is 2.02. The molecule has 1 amide bonds. The molecule has 1 atom stereocenters. The summed E-state index contributed by atoms with van der Waals surface area (Å²) >= 11 is 7.51. The van der Waals surface area contributed by atoms with Gasteiger partial charge >= 0.3 is 5.97 Å². The second kappa shape index (κ2) is 8.78. The fourth-order valence-corrected chi connectivity index (χ4v) is 2.60. The Morgan fingerprint density at radius 2 is 1.84 bits per heavy atom. The van der Waals surface area contributed by atoms with Crippen LogP contribution in [0.25, 0.3) is 0 Å². The maximum absolute atomic E-state index is 12.3. The number of nitrogens with one attached hydrogen (secondary N) is 1. The normalized spacial score (nSPS) is 11.5. The average Bonchev–Trinajstić information content (AvgIpc) is 2.61. The highest BCUT2D eigenvalue weighted by molar-refractivity contribution is 7.98. The van der Waals surface area contributed by atoms with Gasteiger partial charge in [-0.2, -0.15) is 0 Å². The number of thioether (sulfide) groups is 1. The van der Waals surface area contributed by atoms with Crippen molar-refractivity contribution in [2.75, 3.05) is 18.7 Å². The van der Waals surface area contributed by atoms with Crippen molar-refractivity contribution >= 4 is 40.9 Å². The van der Waals surface area contributed by atoms with Gasteiger partial charge in [-0.05, 0) is 55.6 Å². The van der Waals surface area contributed by atoms with Gasteiger partial charge in [-0.15, -0.1) is 11.8 Å². The third-order valence-corrected chi connectivity index (χ3v) is 4.38. The Kier molecular flexibility index (Phi) is 6.73. The Morgan fingerprint density at radius 1 is 1.16 bits per heavy atom. The van der Waals surface area contributed by atoms with E-state index in [1.807, 2.05) is 18.4 Å². The molecule has 2 aromatic rings. The molecule has 1 N–H and O–H groups in total. The largest absolute Gasteiger partial charge is 0.495 e. The van der Waals surface area contributed by atoms with Crippen molar-refractivity contribution in [3.05, 3.63) is 53.1 Å². The number of rotatable bonds is 6. The van der Waals surface area contributed by atoms with Crippen LogP contribution in [0.15, 0.2) is 47.4 Å². The number of amides is 1. The maximum atomic E-state index is 12.3. The van der Waals surface area contributed by atoms with Crippen molar-refractivity contribution < 1.29 is 19.1 Å². The molecule has 0 aliphatic carbocycles. The fraction of sp³-hybridized carbons (Fsp3) is 0.222. The molecule has 2 rings (SSSR count). The number of esters is 1. The standard InChI is InChI=1S/C18H18ClNO4S/c1-11(24-18(22)12-4-7-14(25-3)8-5-12)17(21)20-15-10-13(19)6-9-16(15)23-2/h4-11H,1-3H3,(H,20,21)/t11-/m1/s1. The summed E-state index contributed by atoms with van der Waals surface area (Å²) in [4.78, 5) is 25.4. The zero-order valence-corrected chi connectivity index (χ0v) is 15.6. The zero-order valence-electron chi connectivity index (χ0n) is 14.0. The van der Waals surface area contributed by atoms with Crippen molar-refractivity contribution in [3.8, 4) is 5.75 Å². The highest BCUT2D eigenvalue weighted by Crippen LogP contribution is 2.27. The molecule has 0 spiro atoms. The Labute approximate surface area is 155 Å². The third-order valence-electron chi connectivity index (χ3n) is 3.40. The molecule has 7 heteroatoms. The van der Waals surface area contributed by atoms with Gasteiger partial charge in [-0.1, -0.05) is 11.6 Å². The van der Waals surface area contributed by atoms with Gasteiger partial charge in [0.05, 0.1) is 18.4 Å². The summed E-state index contributed by atoms with van der Waals surface area (Å²) in [6.07, 6.45) is 0.973. The van der Waals surface area contributed by atoms with Crippen LogP contribution < -0.4 is 10.1 Å². The molecule has 0 saturated heterocycles. The molecule has 0 bridgehead atoms. The summed E-state index contributed by atoms with van der Waals surface area (Å²) < 4.78 is 10.4. The van der Waals surface area contributed by atoms with E-state index in [9.17, 15) is 9.59 Å². The highest BCUT2D eigenvalue weighted by atomic mass is 35.5. The third kappa shape index (κ3) is 5.14. The lowest BCUT2D eigenvalue weighted by molar-refractivity contribution is -0.123. The number of halogens is 1. The zero-order chi connectivity index (χ0) is 18.4. The van der Waals surface area contributed by atoms with E-state index in [-0.39, 0.29) is 0 Å². The maximum Gasteiger partial charge on any atom is 0.338 e. The lowest BCUT2D eigenvalue weighted by atomic mass is 10.2. The van der Waals surface area contributed by atoms with Gasteiger partial charge in [-0.25, -0.2) is 4.79 Å². The van der Waals surface area contributed by atoms with Gasteiger partial charge in [0.25, 0.3) is 5.91 Å². The molecular weight excluding hydrogens is 362 g/mol. The van der Waals surface area contributed by atoms with Gasteiger partial charge < -0.3 is 14.8 Å². The predicted molar refractivity (Wildman–Crippen MR) is 99.7 cm³/mol. The van der Waals surface area contributed by atoms with Crippen LogP contribution in [0.4, 0.5) is 5.69 Å². The van der Waals surface area contributed by atoms with Crippen LogP contribution in [0.3, 0.4) is 0 Å². The van der Waals surface area contributed by atoms with Crippen LogP contribution in [0.5, 0.6) is 5.75 Å². The van der Waals surface area contributed by atoms with Crippen LogP contribution in [-0.4, -0.2) is 31.3 Å². The summed E-state index contributed by atoms with van der Waals surface area (Å²) in [6.45, 7) is 1.50. The number of carbonyl (C=O) groups excluding carboxylic acids is 2. The molecule has 0 aliphatic heterocycles. The molecule has 0 unspecified atom stereocenters. The van der Waals surface area contributed by atoms with Crippen LogP contribution in [0, 0.1) is 0 Å². The number of hydrogen-bond acceptors (Lipinski definition) is 5. The van der Waals surface area contributed by atoms with Gasteiger partial charge in [-0.3, -0.25) is 4.79 Å². The molecule has 0 fully saturated rings. The molecular formula is C18H18ClNO4S. The summed E-state index contributed by atoms with van der Waals surface area (Å²) in [5.74, 6) is -0.577. The smallest absolute Gasteiger partial charge is 0.338 e. The van der Waals surface area contributed by atoms with Gasteiger partial charge in [0.15, 0.2) is 6.10 Å². The van der Waals surface area contributed by atoms with Crippen LogP contribution in [0.2, 0.25) is 5.02 Å². The van der Waals surface area contributed by atoms with E-state index < -0.39 is 18.0 Å². The van der Waals surface area contributed by atoms with E-state index in [2.05, 4.69) is 5.32 Å². The highest BCUT2D eigenvalue weighted by Gasteiger charge is 2.20. The first-order valence-electron chi connectivity index (χ1n) is 7.44. The van der Waals surface area contributed by atoms with Crippen molar-refractivity contribution in [1.29, 1.82) is 0 Å². The predicted octanol–water partition coefficient (Wildman–Crippen LogP) is 4.25. The molecule has 25 heavy (non-hydrogen) atoms.